The van der Waals surface area contributed by atoms with E-state index in [2.05, 4.69) is 32.9 Å². The van der Waals surface area contributed by atoms with Crippen LogP contribution in [0.4, 0.5) is 0 Å². The summed E-state index contributed by atoms with van der Waals surface area (Å²) in [4.78, 5) is 2.95. The van der Waals surface area contributed by atoms with Crippen molar-refractivity contribution >= 4 is 11.3 Å². The lowest BCUT2D eigenvalue weighted by molar-refractivity contribution is 0.208. The molecule has 1 heterocycles. The van der Waals surface area contributed by atoms with Crippen molar-refractivity contribution in [2.75, 3.05) is 0 Å². The predicted octanol–water partition coefficient (Wildman–Crippen LogP) is 3.76. The Labute approximate surface area is 103 Å². The Morgan fingerprint density at radius 1 is 1.25 bits per heavy atom. The van der Waals surface area contributed by atoms with Gasteiger partial charge in [-0.1, -0.05) is 27.2 Å². The summed E-state index contributed by atoms with van der Waals surface area (Å²) in [6.45, 7) is 6.87. The maximum absolute atomic E-state index is 6.63. The summed E-state index contributed by atoms with van der Waals surface area (Å²) < 4.78 is 0. The van der Waals surface area contributed by atoms with Gasteiger partial charge in [-0.15, -0.1) is 11.3 Å². The van der Waals surface area contributed by atoms with Gasteiger partial charge in [-0.25, -0.2) is 0 Å². The molecule has 1 fully saturated rings. The van der Waals surface area contributed by atoms with Crippen LogP contribution in [0.2, 0.25) is 0 Å². The zero-order valence-corrected chi connectivity index (χ0v) is 11.5. The molecular formula is C14H23NS. The zero-order valence-electron chi connectivity index (χ0n) is 10.7. The maximum Gasteiger partial charge on any atom is 0.0254 e. The van der Waals surface area contributed by atoms with Gasteiger partial charge < -0.3 is 5.73 Å². The van der Waals surface area contributed by atoms with Crippen LogP contribution in [0.25, 0.3) is 0 Å². The largest absolute Gasteiger partial charge is 0.324 e. The lowest BCUT2D eigenvalue weighted by atomic mass is 9.73. The van der Waals surface area contributed by atoms with Crippen molar-refractivity contribution in [3.05, 3.63) is 21.9 Å². The molecule has 0 bridgehead atoms. The van der Waals surface area contributed by atoms with E-state index in [0.29, 0.717) is 5.41 Å². The molecule has 0 saturated heterocycles. The minimum atomic E-state index is 0.0167. The molecule has 0 radical (unpaired) electrons. The molecule has 90 valence electrons. The van der Waals surface area contributed by atoms with E-state index in [-0.39, 0.29) is 5.54 Å². The molecule has 0 amide bonds. The highest BCUT2D eigenvalue weighted by atomic mass is 32.1. The average molecular weight is 237 g/mol. The van der Waals surface area contributed by atoms with E-state index in [4.69, 9.17) is 5.73 Å². The van der Waals surface area contributed by atoms with Crippen molar-refractivity contribution in [2.24, 2.45) is 11.1 Å². The van der Waals surface area contributed by atoms with Crippen LogP contribution < -0.4 is 5.73 Å². The summed E-state index contributed by atoms with van der Waals surface area (Å²) in [6.07, 6.45) is 5.95. The van der Waals surface area contributed by atoms with E-state index >= 15 is 0 Å². The topological polar surface area (TPSA) is 26.0 Å². The molecule has 2 rings (SSSR count). The SMILES string of the molecule is CCc1ccc(CC2(N)CCCC2(C)C)s1. The fraction of sp³-hybridized carbons (Fsp3) is 0.714. The van der Waals surface area contributed by atoms with Gasteiger partial charge in [0.05, 0.1) is 0 Å². The van der Waals surface area contributed by atoms with Crippen LogP contribution in [0, 0.1) is 5.41 Å². The molecule has 16 heavy (non-hydrogen) atoms. The first-order valence-corrected chi connectivity index (χ1v) is 7.15. The summed E-state index contributed by atoms with van der Waals surface area (Å²) in [7, 11) is 0. The van der Waals surface area contributed by atoms with E-state index in [1.807, 2.05) is 11.3 Å². The van der Waals surface area contributed by atoms with Gasteiger partial charge in [0.2, 0.25) is 0 Å². The van der Waals surface area contributed by atoms with Crippen LogP contribution in [0.15, 0.2) is 12.1 Å². The minimum Gasteiger partial charge on any atom is -0.324 e. The standard InChI is InChI=1S/C14H23NS/c1-4-11-6-7-12(16-11)10-14(15)9-5-8-13(14,2)3/h6-7H,4-5,8-10,15H2,1-3H3. The first-order valence-electron chi connectivity index (χ1n) is 6.33. The van der Waals surface area contributed by atoms with Crippen LogP contribution in [-0.4, -0.2) is 5.54 Å². The quantitative estimate of drug-likeness (QED) is 0.851. The molecule has 0 spiro atoms. The molecule has 1 aliphatic carbocycles. The highest BCUT2D eigenvalue weighted by molar-refractivity contribution is 7.12. The van der Waals surface area contributed by atoms with Crippen molar-refractivity contribution in [2.45, 2.75) is 58.4 Å². The van der Waals surface area contributed by atoms with Crippen LogP contribution >= 0.6 is 11.3 Å². The van der Waals surface area contributed by atoms with Crippen molar-refractivity contribution in [3.63, 3.8) is 0 Å². The maximum atomic E-state index is 6.63. The van der Waals surface area contributed by atoms with Gasteiger partial charge in [0, 0.05) is 21.7 Å². The number of thiophene rings is 1. The summed E-state index contributed by atoms with van der Waals surface area (Å²) in [5, 5.41) is 0. The Morgan fingerprint density at radius 3 is 2.44 bits per heavy atom. The molecule has 1 saturated carbocycles. The van der Waals surface area contributed by atoms with Crippen molar-refractivity contribution in [3.8, 4) is 0 Å². The first kappa shape index (κ1) is 12.1. The third-order valence-electron chi connectivity index (χ3n) is 4.33. The Hall–Kier alpha value is -0.340. The van der Waals surface area contributed by atoms with Gasteiger partial charge in [-0.2, -0.15) is 0 Å². The fourth-order valence-corrected chi connectivity index (χ4v) is 3.86. The number of aryl methyl sites for hydroxylation is 1. The summed E-state index contributed by atoms with van der Waals surface area (Å²) >= 11 is 1.94. The molecule has 1 aliphatic rings. The smallest absolute Gasteiger partial charge is 0.0254 e. The van der Waals surface area contributed by atoms with E-state index in [0.717, 1.165) is 12.8 Å². The number of hydrogen-bond acceptors (Lipinski definition) is 2. The highest BCUT2D eigenvalue weighted by Gasteiger charge is 2.45. The fourth-order valence-electron chi connectivity index (χ4n) is 2.78. The third-order valence-corrected chi connectivity index (χ3v) is 5.56. The normalized spacial score (nSPS) is 28.5. The van der Waals surface area contributed by atoms with Crippen molar-refractivity contribution < 1.29 is 0 Å². The summed E-state index contributed by atoms with van der Waals surface area (Å²) in [6, 6.07) is 4.53. The molecule has 2 heteroatoms. The Bertz CT molecular complexity index is 367. The molecule has 2 N–H and O–H groups in total. The minimum absolute atomic E-state index is 0.0167. The molecule has 1 aromatic rings. The van der Waals surface area contributed by atoms with Gasteiger partial charge >= 0.3 is 0 Å². The Morgan fingerprint density at radius 2 is 1.94 bits per heavy atom. The lowest BCUT2D eigenvalue weighted by Crippen LogP contribution is -2.50. The van der Waals surface area contributed by atoms with Crippen LogP contribution in [0.1, 0.15) is 49.8 Å². The lowest BCUT2D eigenvalue weighted by Gasteiger charge is -2.38. The monoisotopic (exact) mass is 237 g/mol. The molecule has 0 aromatic carbocycles. The zero-order chi connectivity index (χ0) is 11.8. The number of nitrogens with two attached hydrogens (primary N) is 1. The van der Waals surface area contributed by atoms with E-state index in [9.17, 15) is 0 Å². The Kier molecular flexibility index (Phi) is 3.15. The molecular weight excluding hydrogens is 214 g/mol. The second kappa shape index (κ2) is 4.15. The van der Waals surface area contributed by atoms with Crippen LogP contribution in [-0.2, 0) is 12.8 Å². The van der Waals surface area contributed by atoms with Crippen LogP contribution in [0.3, 0.4) is 0 Å². The molecule has 1 nitrogen and oxygen atoms in total. The molecule has 1 aromatic heterocycles. The van der Waals surface area contributed by atoms with E-state index < -0.39 is 0 Å². The second-order valence-corrected chi connectivity index (χ2v) is 7.04. The third kappa shape index (κ3) is 2.05. The van der Waals surface area contributed by atoms with Gasteiger partial charge in [0.25, 0.3) is 0 Å². The Balaban J connectivity index is 2.14. The van der Waals surface area contributed by atoms with Gasteiger partial charge in [0.1, 0.15) is 0 Å². The highest BCUT2D eigenvalue weighted by Crippen LogP contribution is 2.46. The van der Waals surface area contributed by atoms with Crippen molar-refractivity contribution in [1.82, 2.24) is 0 Å². The van der Waals surface area contributed by atoms with E-state index in [1.165, 1.54) is 29.0 Å². The van der Waals surface area contributed by atoms with Gasteiger partial charge in [0.15, 0.2) is 0 Å². The number of rotatable bonds is 3. The molecule has 1 atom stereocenters. The molecule has 1 unspecified atom stereocenters. The van der Waals surface area contributed by atoms with Gasteiger partial charge in [-0.3, -0.25) is 0 Å². The summed E-state index contributed by atoms with van der Waals surface area (Å²) in [5.41, 5.74) is 6.94. The van der Waals surface area contributed by atoms with Crippen LogP contribution in [0.5, 0.6) is 0 Å². The first-order chi connectivity index (χ1) is 7.47. The average Bonchev–Trinajstić information content (AvgIpc) is 2.73. The predicted molar refractivity (Wildman–Crippen MR) is 72.0 cm³/mol. The summed E-state index contributed by atoms with van der Waals surface area (Å²) in [5.74, 6) is 0. The van der Waals surface area contributed by atoms with Gasteiger partial charge in [-0.05, 0) is 36.8 Å². The molecule has 0 aliphatic heterocycles. The number of hydrogen-bond donors (Lipinski definition) is 1. The van der Waals surface area contributed by atoms with Crippen molar-refractivity contribution in [1.29, 1.82) is 0 Å². The van der Waals surface area contributed by atoms with E-state index in [1.54, 1.807) is 0 Å². The second-order valence-electron chi connectivity index (χ2n) is 5.79.